The van der Waals surface area contributed by atoms with E-state index in [0.29, 0.717) is 5.92 Å². The highest BCUT2D eigenvalue weighted by atomic mass is 35.5. The zero-order valence-corrected chi connectivity index (χ0v) is 11.3. The number of rotatable bonds is 4. The maximum Gasteiger partial charge on any atom is 0.0951 e. The smallest absolute Gasteiger partial charge is 0.0951 e. The molecule has 0 saturated carbocycles. The van der Waals surface area contributed by atoms with Gasteiger partial charge in [0.05, 0.1) is 23.0 Å². The number of H-pyrrole nitrogens is 1. The Bertz CT molecular complexity index is 365. The fourth-order valence-corrected chi connectivity index (χ4v) is 2.59. The van der Waals surface area contributed by atoms with E-state index in [9.17, 15) is 0 Å². The van der Waals surface area contributed by atoms with E-state index in [1.54, 1.807) is 7.11 Å². The molecule has 2 heterocycles. The number of methoxy groups -OCH3 is 1. The SMILES string of the molecule is COCC1CCCN(Cc2n[nH]c(C)c2Cl)C1. The zero-order valence-electron chi connectivity index (χ0n) is 10.5. The molecule has 1 aliphatic rings. The summed E-state index contributed by atoms with van der Waals surface area (Å²) in [6.45, 7) is 5.84. The molecule has 0 radical (unpaired) electrons. The van der Waals surface area contributed by atoms with Crippen molar-refractivity contribution in [3.8, 4) is 0 Å². The van der Waals surface area contributed by atoms with Gasteiger partial charge in [0.1, 0.15) is 0 Å². The number of ether oxygens (including phenoxy) is 1. The van der Waals surface area contributed by atoms with Crippen molar-refractivity contribution in [2.24, 2.45) is 5.92 Å². The lowest BCUT2D eigenvalue weighted by atomic mass is 9.99. The van der Waals surface area contributed by atoms with Crippen LogP contribution >= 0.6 is 11.6 Å². The van der Waals surface area contributed by atoms with E-state index in [1.165, 1.54) is 12.8 Å². The summed E-state index contributed by atoms with van der Waals surface area (Å²) in [5, 5.41) is 7.96. The van der Waals surface area contributed by atoms with Crippen molar-refractivity contribution in [1.82, 2.24) is 15.1 Å². The molecule has 0 aliphatic carbocycles. The van der Waals surface area contributed by atoms with Crippen LogP contribution < -0.4 is 0 Å². The van der Waals surface area contributed by atoms with Gasteiger partial charge in [-0.15, -0.1) is 0 Å². The van der Waals surface area contributed by atoms with Gasteiger partial charge in [0, 0.05) is 20.2 Å². The Labute approximate surface area is 107 Å². The van der Waals surface area contributed by atoms with Crippen LogP contribution in [0.5, 0.6) is 0 Å². The number of nitrogens with zero attached hydrogens (tertiary/aromatic N) is 2. The minimum absolute atomic E-state index is 0.646. The predicted molar refractivity (Wildman–Crippen MR) is 68.2 cm³/mol. The number of halogens is 1. The molecule has 0 spiro atoms. The molecule has 1 unspecified atom stereocenters. The average Bonchev–Trinajstić information content (AvgIpc) is 2.62. The van der Waals surface area contributed by atoms with Crippen LogP contribution in [0.25, 0.3) is 0 Å². The van der Waals surface area contributed by atoms with Gasteiger partial charge in [-0.2, -0.15) is 5.10 Å². The second kappa shape index (κ2) is 5.85. The first-order valence-electron chi connectivity index (χ1n) is 6.11. The molecule has 0 aromatic carbocycles. The van der Waals surface area contributed by atoms with E-state index >= 15 is 0 Å². The van der Waals surface area contributed by atoms with E-state index in [2.05, 4.69) is 15.1 Å². The molecule has 0 bridgehead atoms. The Morgan fingerprint density at radius 2 is 2.41 bits per heavy atom. The van der Waals surface area contributed by atoms with Crippen LogP contribution in [0.15, 0.2) is 0 Å². The van der Waals surface area contributed by atoms with Crippen molar-refractivity contribution in [3.05, 3.63) is 16.4 Å². The van der Waals surface area contributed by atoms with Crippen LogP contribution in [0.1, 0.15) is 24.2 Å². The molecule has 1 fully saturated rings. The molecule has 96 valence electrons. The number of hydrogen-bond acceptors (Lipinski definition) is 3. The Morgan fingerprint density at radius 1 is 1.59 bits per heavy atom. The maximum absolute atomic E-state index is 6.18. The van der Waals surface area contributed by atoms with E-state index in [1.807, 2.05) is 6.92 Å². The van der Waals surface area contributed by atoms with Crippen LogP contribution in [0.4, 0.5) is 0 Å². The molecule has 4 nitrogen and oxygen atoms in total. The summed E-state index contributed by atoms with van der Waals surface area (Å²) < 4.78 is 5.23. The predicted octanol–water partition coefficient (Wildman–Crippen LogP) is 2.23. The lowest BCUT2D eigenvalue weighted by Crippen LogP contribution is -2.36. The quantitative estimate of drug-likeness (QED) is 0.899. The van der Waals surface area contributed by atoms with Crippen LogP contribution in [0.3, 0.4) is 0 Å². The normalized spacial score (nSPS) is 21.9. The van der Waals surface area contributed by atoms with E-state index in [0.717, 1.165) is 42.7 Å². The number of aryl methyl sites for hydroxylation is 1. The van der Waals surface area contributed by atoms with Gasteiger partial charge < -0.3 is 4.74 Å². The van der Waals surface area contributed by atoms with Crippen LogP contribution in [0, 0.1) is 12.8 Å². The standard InChI is InChI=1S/C12H20ClN3O/c1-9-12(13)11(15-14-9)7-16-5-3-4-10(6-16)8-17-2/h10H,3-8H2,1-2H3,(H,14,15). The third kappa shape index (κ3) is 3.21. The number of likely N-dealkylation sites (tertiary alicyclic amines) is 1. The first-order chi connectivity index (χ1) is 8.20. The summed E-state index contributed by atoms with van der Waals surface area (Å²) in [5.74, 6) is 0.646. The summed E-state index contributed by atoms with van der Waals surface area (Å²) in [4.78, 5) is 2.41. The summed E-state index contributed by atoms with van der Waals surface area (Å²) >= 11 is 6.18. The first kappa shape index (κ1) is 12.9. The van der Waals surface area contributed by atoms with Crippen molar-refractivity contribution >= 4 is 11.6 Å². The molecule has 1 N–H and O–H groups in total. The van der Waals surface area contributed by atoms with Gasteiger partial charge in [-0.1, -0.05) is 11.6 Å². The van der Waals surface area contributed by atoms with E-state index < -0.39 is 0 Å². The minimum Gasteiger partial charge on any atom is -0.384 e. The summed E-state index contributed by atoms with van der Waals surface area (Å²) in [5.41, 5.74) is 1.91. The van der Waals surface area contributed by atoms with E-state index in [4.69, 9.17) is 16.3 Å². The lowest BCUT2D eigenvalue weighted by molar-refractivity contribution is 0.0868. The Hall–Kier alpha value is -0.580. The molecular formula is C12H20ClN3O. The number of aromatic nitrogens is 2. The summed E-state index contributed by atoms with van der Waals surface area (Å²) in [7, 11) is 1.77. The Balaban J connectivity index is 1.92. The number of nitrogens with one attached hydrogen (secondary N) is 1. The van der Waals surface area contributed by atoms with Crippen molar-refractivity contribution < 1.29 is 4.74 Å². The fourth-order valence-electron chi connectivity index (χ4n) is 2.45. The highest BCUT2D eigenvalue weighted by molar-refractivity contribution is 6.31. The second-order valence-electron chi connectivity index (χ2n) is 4.81. The number of piperidine rings is 1. The van der Waals surface area contributed by atoms with Gasteiger partial charge in [0.2, 0.25) is 0 Å². The Morgan fingerprint density at radius 3 is 3.06 bits per heavy atom. The molecule has 1 saturated heterocycles. The van der Waals surface area contributed by atoms with Crippen LogP contribution in [-0.4, -0.2) is 41.9 Å². The highest BCUT2D eigenvalue weighted by Crippen LogP contribution is 2.22. The molecule has 1 aliphatic heterocycles. The minimum atomic E-state index is 0.646. The van der Waals surface area contributed by atoms with Crippen molar-refractivity contribution in [1.29, 1.82) is 0 Å². The number of aromatic amines is 1. The van der Waals surface area contributed by atoms with Gasteiger partial charge in [-0.3, -0.25) is 10.00 Å². The van der Waals surface area contributed by atoms with Gasteiger partial charge in [0.15, 0.2) is 0 Å². The first-order valence-corrected chi connectivity index (χ1v) is 6.49. The number of hydrogen-bond donors (Lipinski definition) is 1. The van der Waals surface area contributed by atoms with Crippen molar-refractivity contribution in [2.45, 2.75) is 26.3 Å². The highest BCUT2D eigenvalue weighted by Gasteiger charge is 2.21. The van der Waals surface area contributed by atoms with Crippen LogP contribution in [-0.2, 0) is 11.3 Å². The van der Waals surface area contributed by atoms with Crippen molar-refractivity contribution in [3.63, 3.8) is 0 Å². The molecule has 5 heteroatoms. The van der Waals surface area contributed by atoms with Crippen molar-refractivity contribution in [2.75, 3.05) is 26.8 Å². The summed E-state index contributed by atoms with van der Waals surface area (Å²) in [6.07, 6.45) is 2.49. The second-order valence-corrected chi connectivity index (χ2v) is 5.19. The van der Waals surface area contributed by atoms with E-state index in [-0.39, 0.29) is 0 Å². The van der Waals surface area contributed by atoms with Gasteiger partial charge in [0.25, 0.3) is 0 Å². The molecule has 2 rings (SSSR count). The third-order valence-electron chi connectivity index (χ3n) is 3.32. The molecule has 1 atom stereocenters. The molecule has 1 aromatic heterocycles. The largest absolute Gasteiger partial charge is 0.384 e. The van der Waals surface area contributed by atoms with Gasteiger partial charge in [-0.05, 0) is 32.2 Å². The van der Waals surface area contributed by atoms with Gasteiger partial charge in [-0.25, -0.2) is 0 Å². The van der Waals surface area contributed by atoms with Crippen LogP contribution in [0.2, 0.25) is 5.02 Å². The topological polar surface area (TPSA) is 41.1 Å². The average molecular weight is 258 g/mol. The molecular weight excluding hydrogens is 238 g/mol. The molecule has 0 amide bonds. The van der Waals surface area contributed by atoms with Gasteiger partial charge >= 0.3 is 0 Å². The monoisotopic (exact) mass is 257 g/mol. The lowest BCUT2D eigenvalue weighted by Gasteiger charge is -2.31. The molecule has 17 heavy (non-hydrogen) atoms. The Kier molecular flexibility index (Phi) is 4.42. The third-order valence-corrected chi connectivity index (χ3v) is 3.82. The fraction of sp³-hybridized carbons (Fsp3) is 0.750. The summed E-state index contributed by atoms with van der Waals surface area (Å²) in [6, 6.07) is 0. The zero-order chi connectivity index (χ0) is 12.3. The maximum atomic E-state index is 6.18. The molecule has 1 aromatic rings.